The van der Waals surface area contributed by atoms with Crippen LogP contribution in [0.4, 0.5) is 5.69 Å². The van der Waals surface area contributed by atoms with Crippen LogP contribution in [0.2, 0.25) is 5.02 Å². The van der Waals surface area contributed by atoms with Crippen LogP contribution >= 0.6 is 11.6 Å². The molecule has 3 nitrogen and oxygen atoms in total. The van der Waals surface area contributed by atoms with Crippen LogP contribution in [0.3, 0.4) is 0 Å². The Bertz CT molecular complexity index is 703. The number of hydrogen-bond acceptors (Lipinski definition) is 3. The Balaban J connectivity index is 2.35. The van der Waals surface area contributed by atoms with E-state index in [2.05, 4.69) is 0 Å². The standard InChI is InChI=1S/C14H8ClNO2/c15-7-4-5-8-10(6-7)13(17)9-2-1-3-11(16)12(9)14(8)18/h1-6H,16H2. The summed E-state index contributed by atoms with van der Waals surface area (Å²) in [4.78, 5) is 24.6. The van der Waals surface area contributed by atoms with Crippen LogP contribution in [0, 0.1) is 0 Å². The zero-order chi connectivity index (χ0) is 12.9. The average Bonchev–Trinajstić information content (AvgIpc) is 2.35. The maximum atomic E-state index is 12.3. The van der Waals surface area contributed by atoms with E-state index in [1.165, 1.54) is 6.07 Å². The molecule has 0 heterocycles. The minimum absolute atomic E-state index is 0.214. The first-order valence-corrected chi connectivity index (χ1v) is 5.75. The third kappa shape index (κ3) is 1.38. The highest BCUT2D eigenvalue weighted by Crippen LogP contribution is 2.31. The molecule has 0 fully saturated rings. The molecule has 0 unspecified atom stereocenters. The minimum Gasteiger partial charge on any atom is -0.398 e. The van der Waals surface area contributed by atoms with Crippen molar-refractivity contribution in [3.8, 4) is 0 Å². The van der Waals surface area contributed by atoms with Gasteiger partial charge in [0.25, 0.3) is 0 Å². The SMILES string of the molecule is Nc1cccc2c1C(=O)c1ccc(Cl)cc1C2=O. The number of benzene rings is 2. The lowest BCUT2D eigenvalue weighted by molar-refractivity contribution is 0.0979. The molecule has 0 radical (unpaired) electrons. The molecule has 88 valence electrons. The van der Waals surface area contributed by atoms with Gasteiger partial charge in [0.1, 0.15) is 0 Å². The lowest BCUT2D eigenvalue weighted by Crippen LogP contribution is -2.22. The second-order valence-electron chi connectivity index (χ2n) is 4.12. The van der Waals surface area contributed by atoms with Crippen LogP contribution in [0.15, 0.2) is 36.4 Å². The predicted octanol–water partition coefficient (Wildman–Crippen LogP) is 2.70. The van der Waals surface area contributed by atoms with Crippen molar-refractivity contribution >= 4 is 28.9 Å². The first-order valence-electron chi connectivity index (χ1n) is 5.37. The van der Waals surface area contributed by atoms with Crippen molar-refractivity contribution in [1.29, 1.82) is 0 Å². The Kier molecular flexibility index (Phi) is 2.25. The van der Waals surface area contributed by atoms with Gasteiger partial charge in [-0.1, -0.05) is 23.7 Å². The van der Waals surface area contributed by atoms with E-state index in [1.807, 2.05) is 0 Å². The molecule has 0 saturated heterocycles. The maximum absolute atomic E-state index is 12.3. The van der Waals surface area contributed by atoms with Crippen molar-refractivity contribution in [3.63, 3.8) is 0 Å². The number of carbonyl (C=O) groups is 2. The van der Waals surface area contributed by atoms with E-state index in [1.54, 1.807) is 30.3 Å². The van der Waals surface area contributed by atoms with Crippen molar-refractivity contribution in [2.75, 3.05) is 5.73 Å². The summed E-state index contributed by atoms with van der Waals surface area (Å²) in [5.74, 6) is -0.441. The number of anilines is 1. The van der Waals surface area contributed by atoms with E-state index < -0.39 is 0 Å². The van der Waals surface area contributed by atoms with Gasteiger partial charge in [-0.15, -0.1) is 0 Å². The third-order valence-electron chi connectivity index (χ3n) is 3.04. The monoisotopic (exact) mass is 257 g/mol. The zero-order valence-corrected chi connectivity index (χ0v) is 9.99. The number of hydrogen-bond donors (Lipinski definition) is 1. The average molecular weight is 258 g/mol. The van der Waals surface area contributed by atoms with Gasteiger partial charge < -0.3 is 5.73 Å². The molecule has 2 aromatic rings. The van der Waals surface area contributed by atoms with Crippen LogP contribution < -0.4 is 5.73 Å². The normalized spacial score (nSPS) is 13.2. The summed E-state index contributed by atoms with van der Waals surface area (Å²) >= 11 is 5.86. The lowest BCUT2D eigenvalue weighted by atomic mass is 9.83. The molecule has 0 saturated carbocycles. The molecule has 2 aromatic carbocycles. The minimum atomic E-state index is -0.227. The first kappa shape index (κ1) is 11.0. The van der Waals surface area contributed by atoms with Gasteiger partial charge in [-0.25, -0.2) is 0 Å². The summed E-state index contributed by atoms with van der Waals surface area (Å²) in [6.07, 6.45) is 0. The number of halogens is 1. The fourth-order valence-electron chi connectivity index (χ4n) is 2.19. The van der Waals surface area contributed by atoms with Gasteiger partial charge in [-0.05, 0) is 24.3 Å². The molecule has 0 aromatic heterocycles. The molecule has 0 aliphatic heterocycles. The van der Waals surface area contributed by atoms with Gasteiger partial charge >= 0.3 is 0 Å². The molecular formula is C14H8ClNO2. The van der Waals surface area contributed by atoms with Crippen molar-refractivity contribution < 1.29 is 9.59 Å². The number of nitrogen functional groups attached to an aromatic ring is 1. The number of rotatable bonds is 0. The molecule has 2 N–H and O–H groups in total. The zero-order valence-electron chi connectivity index (χ0n) is 9.24. The van der Waals surface area contributed by atoms with Gasteiger partial charge in [-0.3, -0.25) is 9.59 Å². The Hall–Kier alpha value is -2.13. The highest BCUT2D eigenvalue weighted by Gasteiger charge is 2.30. The highest BCUT2D eigenvalue weighted by molar-refractivity contribution is 6.34. The highest BCUT2D eigenvalue weighted by atomic mass is 35.5. The predicted molar refractivity (Wildman–Crippen MR) is 69.2 cm³/mol. The van der Waals surface area contributed by atoms with Crippen molar-refractivity contribution in [2.24, 2.45) is 0 Å². The molecule has 4 heteroatoms. The van der Waals surface area contributed by atoms with Crippen molar-refractivity contribution in [3.05, 3.63) is 63.7 Å². The maximum Gasteiger partial charge on any atom is 0.196 e. The van der Waals surface area contributed by atoms with Gasteiger partial charge in [0.05, 0.1) is 5.56 Å². The second kappa shape index (κ2) is 3.68. The second-order valence-corrected chi connectivity index (χ2v) is 4.55. The molecule has 18 heavy (non-hydrogen) atoms. The fourth-order valence-corrected chi connectivity index (χ4v) is 2.37. The van der Waals surface area contributed by atoms with Gasteiger partial charge in [0, 0.05) is 27.4 Å². The topological polar surface area (TPSA) is 60.2 Å². The Morgan fingerprint density at radius 3 is 2.44 bits per heavy atom. The van der Waals surface area contributed by atoms with Crippen LogP contribution in [-0.2, 0) is 0 Å². The lowest BCUT2D eigenvalue weighted by Gasteiger charge is -2.18. The smallest absolute Gasteiger partial charge is 0.196 e. The summed E-state index contributed by atoms with van der Waals surface area (Å²) in [5.41, 5.74) is 7.43. The Labute approximate surface area is 108 Å². The number of nitrogens with two attached hydrogens (primary N) is 1. The van der Waals surface area contributed by atoms with Gasteiger partial charge in [0.15, 0.2) is 11.6 Å². The van der Waals surface area contributed by atoms with E-state index in [0.29, 0.717) is 27.4 Å². The van der Waals surface area contributed by atoms with Crippen molar-refractivity contribution in [2.45, 2.75) is 0 Å². The molecular weight excluding hydrogens is 250 g/mol. The summed E-state index contributed by atoms with van der Waals surface area (Å²) in [6, 6.07) is 9.56. The molecule has 0 amide bonds. The van der Waals surface area contributed by atoms with Gasteiger partial charge in [0.2, 0.25) is 0 Å². The Morgan fingerprint density at radius 1 is 0.889 bits per heavy atom. The molecule has 0 atom stereocenters. The van der Waals surface area contributed by atoms with Crippen LogP contribution in [0.25, 0.3) is 0 Å². The molecule has 0 spiro atoms. The van der Waals surface area contributed by atoms with E-state index in [0.717, 1.165) is 0 Å². The third-order valence-corrected chi connectivity index (χ3v) is 3.27. The van der Waals surface area contributed by atoms with Crippen LogP contribution in [0.1, 0.15) is 31.8 Å². The Morgan fingerprint density at radius 2 is 1.67 bits per heavy atom. The quantitative estimate of drug-likeness (QED) is 0.630. The molecule has 1 aliphatic rings. The van der Waals surface area contributed by atoms with Crippen molar-refractivity contribution in [1.82, 2.24) is 0 Å². The van der Waals surface area contributed by atoms with E-state index in [4.69, 9.17) is 17.3 Å². The van der Waals surface area contributed by atoms with E-state index >= 15 is 0 Å². The number of ketones is 2. The number of fused-ring (bicyclic) bond motifs is 2. The molecule has 1 aliphatic carbocycles. The summed E-state index contributed by atoms with van der Waals surface area (Å²) in [6.45, 7) is 0. The fraction of sp³-hybridized carbons (Fsp3) is 0. The van der Waals surface area contributed by atoms with E-state index in [-0.39, 0.29) is 17.1 Å². The largest absolute Gasteiger partial charge is 0.398 e. The molecule has 0 bridgehead atoms. The number of carbonyl (C=O) groups excluding carboxylic acids is 2. The van der Waals surface area contributed by atoms with Gasteiger partial charge in [-0.2, -0.15) is 0 Å². The van der Waals surface area contributed by atoms with Crippen LogP contribution in [-0.4, -0.2) is 11.6 Å². The van der Waals surface area contributed by atoms with E-state index in [9.17, 15) is 9.59 Å². The first-order chi connectivity index (χ1) is 8.59. The van der Waals surface area contributed by atoms with Crippen LogP contribution in [0.5, 0.6) is 0 Å². The molecule has 3 rings (SSSR count). The summed E-state index contributed by atoms with van der Waals surface area (Å²) < 4.78 is 0. The summed E-state index contributed by atoms with van der Waals surface area (Å²) in [7, 11) is 0. The summed E-state index contributed by atoms with van der Waals surface area (Å²) in [5, 5.41) is 0.433.